The Balaban J connectivity index is 3.62. The third-order valence-corrected chi connectivity index (χ3v) is 3.05. The van der Waals surface area contributed by atoms with Crippen LogP contribution in [0.15, 0.2) is 48.6 Å². The van der Waals surface area contributed by atoms with Crippen LogP contribution in [0.3, 0.4) is 0 Å². The minimum atomic E-state index is -0.698. The Kier molecular flexibility index (Phi) is 13.7. The van der Waals surface area contributed by atoms with Crippen LogP contribution in [0, 0.1) is 5.92 Å². The summed E-state index contributed by atoms with van der Waals surface area (Å²) in [5.74, 6) is -0.160. The van der Waals surface area contributed by atoms with Crippen molar-refractivity contribution < 1.29 is 9.90 Å². The van der Waals surface area contributed by atoms with E-state index < -0.39 is 5.97 Å². The monoisotopic (exact) mass is 290 g/mol. The van der Waals surface area contributed by atoms with E-state index in [4.69, 9.17) is 5.11 Å². The first-order chi connectivity index (χ1) is 10.2. The summed E-state index contributed by atoms with van der Waals surface area (Å²) >= 11 is 0. The van der Waals surface area contributed by atoms with Gasteiger partial charge in [0.15, 0.2) is 0 Å². The molecule has 0 fully saturated rings. The first-order valence-corrected chi connectivity index (χ1v) is 8.02. The van der Waals surface area contributed by atoms with Gasteiger partial charge in [0.05, 0.1) is 0 Å². The molecule has 1 unspecified atom stereocenters. The largest absolute Gasteiger partial charge is 0.481 e. The molecule has 118 valence electrons. The topological polar surface area (TPSA) is 37.3 Å². The molecule has 0 aromatic heterocycles. The van der Waals surface area contributed by atoms with Gasteiger partial charge >= 0.3 is 5.97 Å². The summed E-state index contributed by atoms with van der Waals surface area (Å²) < 4.78 is 0. The zero-order valence-electron chi connectivity index (χ0n) is 13.5. The number of unbranched alkanes of at least 4 members (excludes halogenated alkanes) is 2. The van der Waals surface area contributed by atoms with Crippen molar-refractivity contribution in [1.82, 2.24) is 0 Å². The van der Waals surface area contributed by atoms with E-state index in [-0.39, 0.29) is 6.42 Å². The smallest absolute Gasteiger partial charge is 0.303 e. The quantitative estimate of drug-likeness (QED) is 0.285. The third-order valence-electron chi connectivity index (χ3n) is 3.05. The maximum atomic E-state index is 10.3. The normalized spacial score (nSPS) is 14.0. The fraction of sp³-hybridized carbons (Fsp3) is 0.526. The summed E-state index contributed by atoms with van der Waals surface area (Å²) in [6.45, 7) is 4.34. The number of allylic oxidation sites excluding steroid dienone is 8. The second-order valence-corrected chi connectivity index (χ2v) is 5.25. The zero-order valence-corrected chi connectivity index (χ0v) is 13.5. The number of hydrogen-bond donors (Lipinski definition) is 1. The molecule has 0 rings (SSSR count). The van der Waals surface area contributed by atoms with Crippen molar-refractivity contribution in [3.8, 4) is 0 Å². The third kappa shape index (κ3) is 16.4. The van der Waals surface area contributed by atoms with Gasteiger partial charge in [0.25, 0.3) is 0 Å². The van der Waals surface area contributed by atoms with Gasteiger partial charge in [-0.3, -0.25) is 4.79 Å². The van der Waals surface area contributed by atoms with Gasteiger partial charge in [-0.2, -0.15) is 0 Å². The summed E-state index contributed by atoms with van der Waals surface area (Å²) in [7, 11) is 0. The highest BCUT2D eigenvalue weighted by Gasteiger charge is 1.95. The highest BCUT2D eigenvalue weighted by molar-refractivity contribution is 5.66. The molecule has 0 radical (unpaired) electrons. The van der Waals surface area contributed by atoms with Crippen LogP contribution in [0.5, 0.6) is 0 Å². The molecule has 0 spiro atoms. The van der Waals surface area contributed by atoms with Gasteiger partial charge in [0, 0.05) is 6.42 Å². The summed E-state index contributed by atoms with van der Waals surface area (Å²) in [6.07, 6.45) is 23.5. The molecule has 0 saturated heterocycles. The molecule has 0 aliphatic rings. The van der Waals surface area contributed by atoms with Gasteiger partial charge in [0.2, 0.25) is 0 Å². The van der Waals surface area contributed by atoms with Crippen molar-refractivity contribution in [2.75, 3.05) is 0 Å². The second kappa shape index (κ2) is 14.8. The van der Waals surface area contributed by atoms with E-state index in [1.165, 1.54) is 0 Å². The van der Waals surface area contributed by atoms with E-state index in [9.17, 15) is 4.79 Å². The van der Waals surface area contributed by atoms with Crippen LogP contribution in [0.2, 0.25) is 0 Å². The summed E-state index contributed by atoms with van der Waals surface area (Å²) in [4.78, 5) is 10.3. The van der Waals surface area contributed by atoms with Crippen LogP contribution in [0.25, 0.3) is 0 Å². The molecule has 0 aliphatic heterocycles. The molecule has 0 amide bonds. The Morgan fingerprint density at radius 1 is 1.05 bits per heavy atom. The van der Waals surface area contributed by atoms with Crippen LogP contribution in [-0.4, -0.2) is 11.1 Å². The summed E-state index contributed by atoms with van der Waals surface area (Å²) in [5, 5.41) is 8.52. The maximum Gasteiger partial charge on any atom is 0.303 e. The average molecular weight is 290 g/mol. The fourth-order valence-electron chi connectivity index (χ4n) is 1.80. The van der Waals surface area contributed by atoms with E-state index in [0.717, 1.165) is 38.5 Å². The van der Waals surface area contributed by atoms with Crippen LogP contribution < -0.4 is 0 Å². The molecule has 0 aromatic rings. The SMILES string of the molecule is CC/C=C\C/C=C\C=C\C(C)C/C=C\CCCCC(=O)O. The number of aliphatic carboxylic acids is 1. The number of rotatable bonds is 12. The van der Waals surface area contributed by atoms with Crippen molar-refractivity contribution in [3.63, 3.8) is 0 Å². The number of carbonyl (C=O) groups is 1. The highest BCUT2D eigenvalue weighted by atomic mass is 16.4. The summed E-state index contributed by atoms with van der Waals surface area (Å²) in [5.41, 5.74) is 0. The van der Waals surface area contributed by atoms with Gasteiger partial charge in [0.1, 0.15) is 0 Å². The van der Waals surface area contributed by atoms with Crippen molar-refractivity contribution in [2.45, 2.75) is 58.8 Å². The molecule has 0 aromatic carbocycles. The van der Waals surface area contributed by atoms with Crippen LogP contribution in [0.1, 0.15) is 58.8 Å². The summed E-state index contributed by atoms with van der Waals surface area (Å²) in [6, 6.07) is 0. The van der Waals surface area contributed by atoms with E-state index >= 15 is 0 Å². The molecular formula is C19H30O2. The van der Waals surface area contributed by atoms with Crippen LogP contribution in [-0.2, 0) is 4.79 Å². The minimum Gasteiger partial charge on any atom is -0.481 e. The molecule has 0 aliphatic carbocycles. The van der Waals surface area contributed by atoms with E-state index in [2.05, 4.69) is 62.5 Å². The Morgan fingerprint density at radius 3 is 2.57 bits per heavy atom. The fourth-order valence-corrected chi connectivity index (χ4v) is 1.80. The lowest BCUT2D eigenvalue weighted by molar-refractivity contribution is -0.137. The Morgan fingerprint density at radius 2 is 1.86 bits per heavy atom. The zero-order chi connectivity index (χ0) is 15.8. The van der Waals surface area contributed by atoms with Crippen LogP contribution >= 0.6 is 0 Å². The first-order valence-electron chi connectivity index (χ1n) is 8.02. The highest BCUT2D eigenvalue weighted by Crippen LogP contribution is 2.07. The van der Waals surface area contributed by atoms with E-state index in [0.29, 0.717) is 5.92 Å². The molecule has 1 atom stereocenters. The lowest BCUT2D eigenvalue weighted by Crippen LogP contribution is -1.92. The lowest BCUT2D eigenvalue weighted by Gasteiger charge is -2.00. The Labute approximate surface area is 130 Å². The number of carboxylic acids is 1. The standard InChI is InChI=1S/C19H30O2/c1-3-4-5-6-7-9-12-15-18(2)16-13-10-8-11-14-17-19(20)21/h4-5,7,9-10,12-13,15,18H,3,6,8,11,14,16-17H2,1-2H3,(H,20,21)/b5-4-,9-7-,13-10-,15-12+. The van der Waals surface area contributed by atoms with Gasteiger partial charge in [-0.1, -0.05) is 62.5 Å². The van der Waals surface area contributed by atoms with Gasteiger partial charge in [-0.15, -0.1) is 0 Å². The first kappa shape index (κ1) is 19.4. The molecule has 0 bridgehead atoms. The molecule has 2 heteroatoms. The molecule has 21 heavy (non-hydrogen) atoms. The predicted molar refractivity (Wildman–Crippen MR) is 91.4 cm³/mol. The molecular weight excluding hydrogens is 260 g/mol. The number of hydrogen-bond acceptors (Lipinski definition) is 1. The van der Waals surface area contributed by atoms with Gasteiger partial charge < -0.3 is 5.11 Å². The molecule has 0 saturated carbocycles. The average Bonchev–Trinajstić information content (AvgIpc) is 2.45. The molecule has 2 nitrogen and oxygen atoms in total. The van der Waals surface area contributed by atoms with Gasteiger partial charge in [-0.25, -0.2) is 0 Å². The van der Waals surface area contributed by atoms with E-state index in [1.54, 1.807) is 0 Å². The molecule has 1 N–H and O–H groups in total. The molecule has 0 heterocycles. The van der Waals surface area contributed by atoms with Crippen molar-refractivity contribution in [2.24, 2.45) is 5.92 Å². The van der Waals surface area contributed by atoms with Crippen molar-refractivity contribution in [1.29, 1.82) is 0 Å². The maximum absolute atomic E-state index is 10.3. The van der Waals surface area contributed by atoms with Crippen LogP contribution in [0.4, 0.5) is 0 Å². The number of carboxylic acid groups (broad SMARTS) is 1. The second-order valence-electron chi connectivity index (χ2n) is 5.25. The Bertz CT molecular complexity index is 362. The van der Waals surface area contributed by atoms with Gasteiger partial charge in [-0.05, 0) is 44.4 Å². The van der Waals surface area contributed by atoms with Crippen molar-refractivity contribution >= 4 is 5.97 Å². The van der Waals surface area contributed by atoms with E-state index in [1.807, 2.05) is 0 Å². The van der Waals surface area contributed by atoms with Crippen molar-refractivity contribution in [3.05, 3.63) is 48.6 Å². The lowest BCUT2D eigenvalue weighted by atomic mass is 10.1. The predicted octanol–water partition coefficient (Wildman–Crippen LogP) is 5.68. The minimum absolute atomic E-state index is 0.284. The Hall–Kier alpha value is -1.57.